The molecule has 2 N–H and O–H groups in total. The molecule has 0 aliphatic rings. The molecule has 0 atom stereocenters. The van der Waals surface area contributed by atoms with Crippen molar-refractivity contribution < 1.29 is 24.5 Å². The molecule has 138 valence electrons. The fraction of sp³-hybridized carbons (Fsp3) is 0.143. The highest BCUT2D eigenvalue weighted by atomic mass is 16.5. The van der Waals surface area contributed by atoms with Crippen LogP contribution in [-0.4, -0.2) is 33.8 Å². The number of hydrogen-bond acceptors (Lipinski definition) is 3. The Bertz CT molecular complexity index is 955. The normalized spacial score (nSPS) is 10.6. The number of hydrogen-bond donors (Lipinski definition) is 2. The van der Waals surface area contributed by atoms with Gasteiger partial charge in [0.05, 0.1) is 24.8 Å². The molecule has 0 spiro atoms. The van der Waals surface area contributed by atoms with Crippen molar-refractivity contribution in [3.8, 4) is 22.7 Å². The van der Waals surface area contributed by atoms with Gasteiger partial charge in [0.15, 0.2) is 0 Å². The molecule has 0 bridgehead atoms. The summed E-state index contributed by atoms with van der Waals surface area (Å²) in [4.78, 5) is 22.1. The van der Waals surface area contributed by atoms with Crippen LogP contribution in [0.25, 0.3) is 16.9 Å². The largest absolute Gasteiger partial charge is 0.497 e. The number of carboxylic acid groups (broad SMARTS) is 2. The van der Waals surface area contributed by atoms with E-state index in [-0.39, 0.29) is 12.0 Å². The van der Waals surface area contributed by atoms with Crippen molar-refractivity contribution in [2.24, 2.45) is 0 Å². The summed E-state index contributed by atoms with van der Waals surface area (Å²) in [7, 11) is 1.60. The molecule has 0 fully saturated rings. The molecule has 6 nitrogen and oxygen atoms in total. The lowest BCUT2D eigenvalue weighted by molar-refractivity contribution is -0.136. The summed E-state index contributed by atoms with van der Waals surface area (Å²) in [6.07, 6.45) is 0.380. The summed E-state index contributed by atoms with van der Waals surface area (Å²) in [5, 5.41) is 18.1. The van der Waals surface area contributed by atoms with Crippen LogP contribution in [0.1, 0.15) is 22.5 Å². The van der Waals surface area contributed by atoms with Crippen molar-refractivity contribution in [2.45, 2.75) is 12.8 Å². The Labute approximate surface area is 156 Å². The first-order valence-electron chi connectivity index (χ1n) is 8.40. The molecule has 0 radical (unpaired) electrons. The zero-order chi connectivity index (χ0) is 19.4. The Morgan fingerprint density at radius 2 is 1.59 bits per heavy atom. The average molecular weight is 365 g/mol. The number of rotatable bonds is 7. The maximum atomic E-state index is 11.1. The van der Waals surface area contributed by atoms with Crippen LogP contribution >= 0.6 is 0 Å². The molecule has 27 heavy (non-hydrogen) atoms. The Hall–Kier alpha value is -3.54. The molecule has 0 saturated carbocycles. The summed E-state index contributed by atoms with van der Waals surface area (Å²) in [6, 6.07) is 17.9. The first kappa shape index (κ1) is 18.3. The standard InChI is InChI=1S/C21H19NO5/c1-27-18-10-4-14(5-11-18)19-12-8-17(9-13-20(23)24)22(19)16-6-2-15(3-7-16)21(25)26/h2-8,10-12H,9,13H2,1H3,(H,23,24)(H,25,26). The van der Waals surface area contributed by atoms with Crippen LogP contribution in [0.4, 0.5) is 0 Å². The topological polar surface area (TPSA) is 88.8 Å². The van der Waals surface area contributed by atoms with E-state index in [4.69, 9.17) is 14.9 Å². The lowest BCUT2D eigenvalue weighted by atomic mass is 10.1. The van der Waals surface area contributed by atoms with E-state index in [9.17, 15) is 9.59 Å². The van der Waals surface area contributed by atoms with Gasteiger partial charge in [-0.1, -0.05) is 0 Å². The van der Waals surface area contributed by atoms with Crippen LogP contribution in [0, 0.1) is 0 Å². The smallest absolute Gasteiger partial charge is 0.335 e. The van der Waals surface area contributed by atoms with Gasteiger partial charge in [0.25, 0.3) is 0 Å². The van der Waals surface area contributed by atoms with Gasteiger partial charge in [0, 0.05) is 11.4 Å². The molecule has 1 aromatic heterocycles. The predicted octanol–water partition coefficient (Wildman–Crippen LogP) is 3.87. The van der Waals surface area contributed by atoms with Gasteiger partial charge in [-0.2, -0.15) is 0 Å². The van der Waals surface area contributed by atoms with E-state index < -0.39 is 11.9 Å². The molecule has 3 aromatic rings. The summed E-state index contributed by atoms with van der Waals surface area (Å²) in [5.41, 5.74) is 3.65. The van der Waals surface area contributed by atoms with Crippen LogP contribution in [0.5, 0.6) is 5.75 Å². The monoisotopic (exact) mass is 365 g/mol. The van der Waals surface area contributed by atoms with Gasteiger partial charge >= 0.3 is 11.9 Å². The van der Waals surface area contributed by atoms with Crippen LogP contribution in [-0.2, 0) is 11.2 Å². The molecule has 6 heteroatoms. The van der Waals surface area contributed by atoms with Crippen molar-refractivity contribution in [2.75, 3.05) is 7.11 Å². The van der Waals surface area contributed by atoms with Gasteiger partial charge in [-0.25, -0.2) is 4.79 Å². The van der Waals surface area contributed by atoms with Crippen LogP contribution in [0.2, 0.25) is 0 Å². The Kier molecular flexibility index (Phi) is 5.26. The summed E-state index contributed by atoms with van der Waals surface area (Å²) in [6.45, 7) is 0. The molecular weight excluding hydrogens is 346 g/mol. The van der Waals surface area contributed by atoms with E-state index in [1.807, 2.05) is 41.0 Å². The molecule has 0 aliphatic carbocycles. The molecule has 0 aliphatic heterocycles. The first-order chi connectivity index (χ1) is 13.0. The van der Waals surface area contributed by atoms with Crippen molar-refractivity contribution in [3.05, 3.63) is 71.9 Å². The minimum Gasteiger partial charge on any atom is -0.497 e. The Balaban J connectivity index is 2.07. The fourth-order valence-electron chi connectivity index (χ4n) is 2.95. The molecule has 2 aromatic carbocycles. The average Bonchev–Trinajstić information content (AvgIpc) is 3.10. The highest BCUT2D eigenvalue weighted by Crippen LogP contribution is 2.29. The van der Waals surface area contributed by atoms with Crippen LogP contribution in [0.15, 0.2) is 60.7 Å². The van der Waals surface area contributed by atoms with Crippen molar-refractivity contribution >= 4 is 11.9 Å². The van der Waals surface area contributed by atoms with E-state index in [0.29, 0.717) is 6.42 Å². The molecule has 3 rings (SSSR count). The fourth-order valence-corrected chi connectivity index (χ4v) is 2.95. The third-order valence-corrected chi connectivity index (χ3v) is 4.31. The van der Waals surface area contributed by atoms with E-state index >= 15 is 0 Å². The number of ether oxygens (including phenoxy) is 1. The number of nitrogens with zero attached hydrogens (tertiary/aromatic N) is 1. The molecule has 1 heterocycles. The minimum atomic E-state index is -0.990. The summed E-state index contributed by atoms with van der Waals surface area (Å²) >= 11 is 0. The van der Waals surface area contributed by atoms with E-state index in [2.05, 4.69) is 0 Å². The van der Waals surface area contributed by atoms with Gasteiger partial charge in [0.1, 0.15) is 5.75 Å². The Morgan fingerprint density at radius 1 is 0.926 bits per heavy atom. The zero-order valence-corrected chi connectivity index (χ0v) is 14.8. The Morgan fingerprint density at radius 3 is 2.15 bits per heavy atom. The molecule has 0 amide bonds. The third-order valence-electron chi connectivity index (χ3n) is 4.31. The van der Waals surface area contributed by atoms with Gasteiger partial charge in [-0.3, -0.25) is 4.79 Å². The second-order valence-corrected chi connectivity index (χ2v) is 6.02. The number of aromatic carboxylic acids is 1. The maximum Gasteiger partial charge on any atom is 0.335 e. The van der Waals surface area contributed by atoms with Gasteiger partial charge in [-0.15, -0.1) is 0 Å². The van der Waals surface area contributed by atoms with Crippen molar-refractivity contribution in [3.63, 3.8) is 0 Å². The highest BCUT2D eigenvalue weighted by Gasteiger charge is 2.14. The third kappa shape index (κ3) is 4.00. The SMILES string of the molecule is COc1ccc(-c2ccc(CCC(=O)O)n2-c2ccc(C(=O)O)cc2)cc1. The van der Waals surface area contributed by atoms with Crippen molar-refractivity contribution in [1.82, 2.24) is 4.57 Å². The molecule has 0 saturated heterocycles. The number of aryl methyl sites for hydroxylation is 1. The number of benzene rings is 2. The lowest BCUT2D eigenvalue weighted by Crippen LogP contribution is -2.06. The van der Waals surface area contributed by atoms with Crippen LogP contribution < -0.4 is 4.74 Å². The van der Waals surface area contributed by atoms with Gasteiger partial charge in [-0.05, 0) is 72.6 Å². The number of carboxylic acids is 2. The zero-order valence-electron chi connectivity index (χ0n) is 14.8. The van der Waals surface area contributed by atoms with Crippen molar-refractivity contribution in [1.29, 1.82) is 0 Å². The quantitative estimate of drug-likeness (QED) is 0.663. The predicted molar refractivity (Wildman–Crippen MR) is 101 cm³/mol. The maximum absolute atomic E-state index is 11.1. The second-order valence-electron chi connectivity index (χ2n) is 6.02. The second kappa shape index (κ2) is 7.78. The van der Waals surface area contributed by atoms with E-state index in [0.717, 1.165) is 28.4 Å². The van der Waals surface area contributed by atoms with E-state index in [1.54, 1.807) is 19.2 Å². The number of methoxy groups -OCH3 is 1. The summed E-state index contributed by atoms with van der Waals surface area (Å²) in [5.74, 6) is -1.11. The van der Waals surface area contributed by atoms with Gasteiger partial charge < -0.3 is 19.5 Å². The van der Waals surface area contributed by atoms with E-state index in [1.165, 1.54) is 12.1 Å². The minimum absolute atomic E-state index is 0.0132. The summed E-state index contributed by atoms with van der Waals surface area (Å²) < 4.78 is 7.15. The first-order valence-corrected chi connectivity index (χ1v) is 8.40. The number of carbonyl (C=O) groups is 2. The highest BCUT2D eigenvalue weighted by molar-refractivity contribution is 5.87. The van der Waals surface area contributed by atoms with Crippen LogP contribution in [0.3, 0.4) is 0 Å². The van der Waals surface area contributed by atoms with Gasteiger partial charge in [0.2, 0.25) is 0 Å². The molecular formula is C21H19NO5. The number of aliphatic carboxylic acids is 1. The number of aromatic nitrogens is 1. The lowest BCUT2D eigenvalue weighted by Gasteiger charge is -2.14. The molecule has 0 unspecified atom stereocenters.